The van der Waals surface area contributed by atoms with Crippen molar-refractivity contribution < 1.29 is 4.79 Å². The smallest absolute Gasteiger partial charge is 0.220 e. The molecule has 1 aliphatic carbocycles. The summed E-state index contributed by atoms with van der Waals surface area (Å²) in [5.74, 6) is 0.555. The van der Waals surface area contributed by atoms with Crippen molar-refractivity contribution in [3.8, 4) is 0 Å². The van der Waals surface area contributed by atoms with Crippen LogP contribution in [0.1, 0.15) is 66.2 Å². The molecule has 1 aliphatic rings. The van der Waals surface area contributed by atoms with E-state index in [2.05, 4.69) is 33.0 Å². The number of amides is 1. The van der Waals surface area contributed by atoms with E-state index in [4.69, 9.17) is 5.73 Å². The molecular weight excluding hydrogens is 224 g/mol. The zero-order valence-corrected chi connectivity index (χ0v) is 12.5. The maximum absolute atomic E-state index is 12.1. The number of nitrogens with two attached hydrogens (primary N) is 1. The summed E-state index contributed by atoms with van der Waals surface area (Å²) in [4.78, 5) is 12.1. The van der Waals surface area contributed by atoms with Gasteiger partial charge in [-0.1, -0.05) is 47.0 Å². The van der Waals surface area contributed by atoms with E-state index in [-0.39, 0.29) is 23.4 Å². The second-order valence-electron chi connectivity index (χ2n) is 6.95. The third-order valence-corrected chi connectivity index (χ3v) is 4.39. The minimum atomic E-state index is 0.140. The molecule has 0 radical (unpaired) electrons. The fourth-order valence-electron chi connectivity index (χ4n) is 2.37. The Morgan fingerprint density at radius 3 is 2.50 bits per heavy atom. The summed E-state index contributed by atoms with van der Waals surface area (Å²) in [5.41, 5.74) is 6.31. The SMILES string of the molecule is CC(CC(=O)NC1CCCCCC1N)C(C)(C)C. The molecule has 0 heterocycles. The minimum absolute atomic E-state index is 0.140. The van der Waals surface area contributed by atoms with Crippen LogP contribution in [0.3, 0.4) is 0 Å². The predicted octanol–water partition coefficient (Wildman–Crippen LogP) is 2.83. The van der Waals surface area contributed by atoms with Crippen LogP contribution >= 0.6 is 0 Å². The van der Waals surface area contributed by atoms with Crippen LogP contribution in [-0.2, 0) is 4.79 Å². The highest BCUT2D eigenvalue weighted by atomic mass is 16.1. The van der Waals surface area contributed by atoms with Crippen LogP contribution in [0.2, 0.25) is 0 Å². The maximum atomic E-state index is 12.1. The number of rotatable bonds is 3. The first-order chi connectivity index (χ1) is 8.30. The molecule has 3 atom stereocenters. The zero-order chi connectivity index (χ0) is 13.8. The van der Waals surface area contributed by atoms with E-state index < -0.39 is 0 Å². The lowest BCUT2D eigenvalue weighted by Crippen LogP contribution is -2.47. The van der Waals surface area contributed by atoms with Crippen molar-refractivity contribution in [3.63, 3.8) is 0 Å². The largest absolute Gasteiger partial charge is 0.352 e. The molecule has 3 heteroatoms. The molecule has 18 heavy (non-hydrogen) atoms. The van der Waals surface area contributed by atoms with Crippen molar-refractivity contribution in [1.82, 2.24) is 5.32 Å². The number of hydrogen-bond acceptors (Lipinski definition) is 2. The van der Waals surface area contributed by atoms with E-state index in [0.29, 0.717) is 12.3 Å². The number of hydrogen-bond donors (Lipinski definition) is 2. The fraction of sp³-hybridized carbons (Fsp3) is 0.933. The van der Waals surface area contributed by atoms with Crippen LogP contribution in [0.4, 0.5) is 0 Å². The van der Waals surface area contributed by atoms with Gasteiger partial charge in [-0.3, -0.25) is 4.79 Å². The van der Waals surface area contributed by atoms with Crippen molar-refractivity contribution in [2.45, 2.75) is 78.3 Å². The molecule has 106 valence electrons. The van der Waals surface area contributed by atoms with Gasteiger partial charge in [0.2, 0.25) is 5.91 Å². The molecule has 0 bridgehead atoms. The van der Waals surface area contributed by atoms with Gasteiger partial charge in [0, 0.05) is 18.5 Å². The monoisotopic (exact) mass is 254 g/mol. The maximum Gasteiger partial charge on any atom is 0.220 e. The Balaban J connectivity index is 2.43. The predicted molar refractivity (Wildman–Crippen MR) is 76.2 cm³/mol. The highest BCUT2D eigenvalue weighted by Gasteiger charge is 2.26. The Morgan fingerprint density at radius 1 is 1.28 bits per heavy atom. The molecule has 0 aromatic rings. The van der Waals surface area contributed by atoms with Crippen LogP contribution in [0, 0.1) is 11.3 Å². The van der Waals surface area contributed by atoms with Gasteiger partial charge in [-0.05, 0) is 24.2 Å². The molecule has 1 amide bonds. The van der Waals surface area contributed by atoms with Gasteiger partial charge in [0.15, 0.2) is 0 Å². The van der Waals surface area contributed by atoms with E-state index in [0.717, 1.165) is 12.8 Å². The van der Waals surface area contributed by atoms with E-state index in [9.17, 15) is 4.79 Å². The van der Waals surface area contributed by atoms with E-state index in [1.54, 1.807) is 0 Å². The van der Waals surface area contributed by atoms with Gasteiger partial charge >= 0.3 is 0 Å². The summed E-state index contributed by atoms with van der Waals surface area (Å²) in [6, 6.07) is 0.327. The van der Waals surface area contributed by atoms with Gasteiger partial charge in [-0.25, -0.2) is 0 Å². The molecule has 0 saturated heterocycles. The molecule has 3 nitrogen and oxygen atoms in total. The average molecular weight is 254 g/mol. The lowest BCUT2D eigenvalue weighted by Gasteiger charge is -2.28. The van der Waals surface area contributed by atoms with Gasteiger partial charge in [0.05, 0.1) is 0 Å². The first kappa shape index (κ1) is 15.5. The minimum Gasteiger partial charge on any atom is -0.352 e. The normalized spacial score (nSPS) is 27.4. The highest BCUT2D eigenvalue weighted by molar-refractivity contribution is 5.76. The molecule has 1 saturated carbocycles. The molecule has 1 fully saturated rings. The fourth-order valence-corrected chi connectivity index (χ4v) is 2.37. The van der Waals surface area contributed by atoms with E-state index >= 15 is 0 Å². The molecule has 1 rings (SSSR count). The molecular formula is C15H30N2O. The van der Waals surface area contributed by atoms with Crippen LogP contribution in [-0.4, -0.2) is 18.0 Å². The lowest BCUT2D eigenvalue weighted by molar-refractivity contribution is -0.123. The molecule has 3 unspecified atom stereocenters. The van der Waals surface area contributed by atoms with Gasteiger partial charge in [-0.15, -0.1) is 0 Å². The van der Waals surface area contributed by atoms with Crippen molar-refractivity contribution in [1.29, 1.82) is 0 Å². The Labute approximate surface area is 112 Å². The Morgan fingerprint density at radius 2 is 1.89 bits per heavy atom. The van der Waals surface area contributed by atoms with Crippen LogP contribution in [0.15, 0.2) is 0 Å². The standard InChI is InChI=1S/C15H30N2O/c1-11(15(2,3)4)10-14(18)17-13-9-7-5-6-8-12(13)16/h11-13H,5-10,16H2,1-4H3,(H,17,18). The summed E-state index contributed by atoms with van der Waals surface area (Å²) in [6.07, 6.45) is 6.32. The van der Waals surface area contributed by atoms with E-state index in [1.165, 1.54) is 19.3 Å². The molecule has 0 aliphatic heterocycles. The zero-order valence-electron chi connectivity index (χ0n) is 12.5. The summed E-state index contributed by atoms with van der Waals surface area (Å²) in [5, 5.41) is 3.15. The van der Waals surface area contributed by atoms with Gasteiger partial charge < -0.3 is 11.1 Å². The second kappa shape index (κ2) is 6.55. The summed E-state index contributed by atoms with van der Waals surface area (Å²) >= 11 is 0. The van der Waals surface area contributed by atoms with Crippen molar-refractivity contribution in [2.75, 3.05) is 0 Å². The quantitative estimate of drug-likeness (QED) is 0.761. The molecule has 0 aromatic heterocycles. The second-order valence-corrected chi connectivity index (χ2v) is 6.95. The van der Waals surface area contributed by atoms with E-state index in [1.807, 2.05) is 0 Å². The highest BCUT2D eigenvalue weighted by Crippen LogP contribution is 2.28. The summed E-state index contributed by atoms with van der Waals surface area (Å²) < 4.78 is 0. The van der Waals surface area contributed by atoms with Gasteiger partial charge in [0.25, 0.3) is 0 Å². The Hall–Kier alpha value is -0.570. The van der Waals surface area contributed by atoms with Crippen LogP contribution < -0.4 is 11.1 Å². The third kappa shape index (κ3) is 4.97. The number of carbonyl (C=O) groups is 1. The molecule has 0 aromatic carbocycles. The van der Waals surface area contributed by atoms with Crippen molar-refractivity contribution in [3.05, 3.63) is 0 Å². The number of nitrogens with one attached hydrogen (secondary N) is 1. The first-order valence-electron chi connectivity index (χ1n) is 7.35. The van der Waals surface area contributed by atoms with Crippen LogP contribution in [0.25, 0.3) is 0 Å². The topological polar surface area (TPSA) is 55.1 Å². The summed E-state index contributed by atoms with van der Waals surface area (Å²) in [7, 11) is 0. The third-order valence-electron chi connectivity index (χ3n) is 4.39. The average Bonchev–Trinajstić information content (AvgIpc) is 2.43. The van der Waals surface area contributed by atoms with Crippen molar-refractivity contribution >= 4 is 5.91 Å². The van der Waals surface area contributed by atoms with Gasteiger partial charge in [-0.2, -0.15) is 0 Å². The lowest BCUT2D eigenvalue weighted by atomic mass is 9.80. The first-order valence-corrected chi connectivity index (χ1v) is 7.35. The molecule has 3 N–H and O–H groups in total. The Bertz CT molecular complexity index is 270. The summed E-state index contributed by atoms with van der Waals surface area (Å²) in [6.45, 7) is 8.69. The molecule has 0 spiro atoms. The Kier molecular flexibility index (Phi) is 5.64. The van der Waals surface area contributed by atoms with Crippen LogP contribution in [0.5, 0.6) is 0 Å². The number of carbonyl (C=O) groups excluding carboxylic acids is 1. The van der Waals surface area contributed by atoms with Crippen molar-refractivity contribution in [2.24, 2.45) is 17.1 Å². The van der Waals surface area contributed by atoms with Gasteiger partial charge in [0.1, 0.15) is 0 Å².